The molecule has 1 aliphatic rings. The Kier molecular flexibility index (Phi) is 5.77. The molecule has 0 radical (unpaired) electrons. The van der Waals surface area contributed by atoms with E-state index in [0.717, 1.165) is 29.4 Å². The van der Waals surface area contributed by atoms with Crippen molar-refractivity contribution in [2.75, 3.05) is 19.7 Å². The monoisotopic (exact) mass is 385 g/mol. The van der Waals surface area contributed by atoms with Crippen molar-refractivity contribution >= 4 is 22.8 Å². The molecule has 1 fully saturated rings. The number of hydrogen-bond donors (Lipinski definition) is 1. The number of rotatable bonds is 4. The van der Waals surface area contributed by atoms with Gasteiger partial charge in [0.1, 0.15) is 11.4 Å². The maximum absolute atomic E-state index is 12.2. The number of amides is 1. The minimum atomic E-state index is -0.940. The quantitative estimate of drug-likeness (QED) is 0.835. The lowest BCUT2D eigenvalue weighted by Gasteiger charge is -2.33. The van der Waals surface area contributed by atoms with Crippen LogP contribution in [0.3, 0.4) is 0 Å². The van der Waals surface area contributed by atoms with E-state index in [0.29, 0.717) is 25.6 Å². The predicted molar refractivity (Wildman–Crippen MR) is 107 cm³/mol. The van der Waals surface area contributed by atoms with Crippen LogP contribution in [0.4, 0.5) is 4.79 Å². The first kappa shape index (κ1) is 20.0. The summed E-state index contributed by atoms with van der Waals surface area (Å²) in [4.78, 5) is 25.1. The van der Waals surface area contributed by atoms with Crippen LogP contribution in [-0.2, 0) is 4.74 Å². The molecule has 1 saturated heterocycles. The van der Waals surface area contributed by atoms with Gasteiger partial charge >= 0.3 is 12.1 Å². The normalized spacial score (nSPS) is 15.5. The standard InChI is InChI=1S/C22H27NO5/c1-22(2,3)28-21(26)23-11-9-15(10-12-23)14-27-19-6-4-5-16-13-17(20(24)25)7-8-18(16)19/h4-8,13,15H,9-12,14H2,1-3H3,(H,24,25). The van der Waals surface area contributed by atoms with Crippen molar-refractivity contribution in [3.05, 3.63) is 42.0 Å². The number of piperidine rings is 1. The van der Waals surface area contributed by atoms with Crippen LogP contribution in [0.5, 0.6) is 5.75 Å². The minimum absolute atomic E-state index is 0.254. The minimum Gasteiger partial charge on any atom is -0.493 e. The average Bonchev–Trinajstić information content (AvgIpc) is 2.64. The van der Waals surface area contributed by atoms with Gasteiger partial charge in [-0.15, -0.1) is 0 Å². The Labute approximate surface area is 165 Å². The largest absolute Gasteiger partial charge is 0.493 e. The second-order valence-electron chi connectivity index (χ2n) is 8.22. The van der Waals surface area contributed by atoms with Gasteiger partial charge in [0.25, 0.3) is 0 Å². The molecule has 1 amide bonds. The number of carbonyl (C=O) groups is 2. The smallest absolute Gasteiger partial charge is 0.410 e. The van der Waals surface area contributed by atoms with E-state index in [1.807, 2.05) is 39.0 Å². The maximum atomic E-state index is 12.2. The summed E-state index contributed by atoms with van der Waals surface area (Å²) in [7, 11) is 0. The molecule has 1 heterocycles. The highest BCUT2D eigenvalue weighted by atomic mass is 16.6. The molecule has 28 heavy (non-hydrogen) atoms. The number of benzene rings is 2. The van der Waals surface area contributed by atoms with Crippen molar-refractivity contribution in [3.63, 3.8) is 0 Å². The Balaban J connectivity index is 1.57. The lowest BCUT2D eigenvalue weighted by atomic mass is 9.98. The second kappa shape index (κ2) is 8.09. The van der Waals surface area contributed by atoms with Crippen molar-refractivity contribution in [1.29, 1.82) is 0 Å². The molecular weight excluding hydrogens is 358 g/mol. The van der Waals surface area contributed by atoms with E-state index in [9.17, 15) is 9.59 Å². The lowest BCUT2D eigenvalue weighted by Crippen LogP contribution is -2.42. The first-order chi connectivity index (χ1) is 13.2. The number of nitrogens with zero attached hydrogens (tertiary/aromatic N) is 1. The molecule has 1 aliphatic heterocycles. The summed E-state index contributed by atoms with van der Waals surface area (Å²) >= 11 is 0. The fraction of sp³-hybridized carbons (Fsp3) is 0.455. The van der Waals surface area contributed by atoms with Crippen molar-refractivity contribution in [2.45, 2.75) is 39.2 Å². The van der Waals surface area contributed by atoms with Gasteiger partial charge in [-0.3, -0.25) is 0 Å². The van der Waals surface area contributed by atoms with Crippen LogP contribution in [0.25, 0.3) is 10.8 Å². The van der Waals surface area contributed by atoms with Crippen LogP contribution in [0.15, 0.2) is 36.4 Å². The molecule has 1 N–H and O–H groups in total. The molecule has 6 nitrogen and oxygen atoms in total. The van der Waals surface area contributed by atoms with Crippen molar-refractivity contribution in [1.82, 2.24) is 4.90 Å². The zero-order valence-corrected chi connectivity index (χ0v) is 16.6. The number of fused-ring (bicyclic) bond motifs is 1. The second-order valence-corrected chi connectivity index (χ2v) is 8.22. The van der Waals surface area contributed by atoms with Gasteiger partial charge in [0.2, 0.25) is 0 Å². The van der Waals surface area contributed by atoms with E-state index < -0.39 is 11.6 Å². The van der Waals surface area contributed by atoms with Crippen LogP contribution >= 0.6 is 0 Å². The van der Waals surface area contributed by atoms with Gasteiger partial charge in [-0.1, -0.05) is 12.1 Å². The molecule has 0 atom stereocenters. The average molecular weight is 385 g/mol. The molecule has 0 spiro atoms. The molecule has 0 aromatic heterocycles. The van der Waals surface area contributed by atoms with Gasteiger partial charge in [-0.2, -0.15) is 0 Å². The van der Waals surface area contributed by atoms with E-state index in [2.05, 4.69) is 0 Å². The third-order valence-corrected chi connectivity index (χ3v) is 4.83. The SMILES string of the molecule is CC(C)(C)OC(=O)N1CCC(COc2cccc3cc(C(=O)O)ccc23)CC1. The summed E-state index contributed by atoms with van der Waals surface area (Å²) < 4.78 is 11.5. The summed E-state index contributed by atoms with van der Waals surface area (Å²) in [5, 5.41) is 10.9. The van der Waals surface area contributed by atoms with Gasteiger partial charge in [0.15, 0.2) is 0 Å². The highest BCUT2D eigenvalue weighted by molar-refractivity contribution is 5.96. The zero-order valence-electron chi connectivity index (χ0n) is 16.6. The van der Waals surface area contributed by atoms with Crippen LogP contribution in [-0.4, -0.2) is 47.4 Å². The van der Waals surface area contributed by atoms with Gasteiger partial charge in [-0.25, -0.2) is 9.59 Å². The molecule has 6 heteroatoms. The Hall–Kier alpha value is -2.76. The Morgan fingerprint density at radius 3 is 2.50 bits per heavy atom. The van der Waals surface area contributed by atoms with E-state index in [-0.39, 0.29) is 11.7 Å². The first-order valence-corrected chi connectivity index (χ1v) is 9.60. The van der Waals surface area contributed by atoms with Crippen LogP contribution < -0.4 is 4.74 Å². The highest BCUT2D eigenvalue weighted by Crippen LogP contribution is 2.28. The molecule has 2 aromatic rings. The number of carboxylic acid groups (broad SMARTS) is 1. The third-order valence-electron chi connectivity index (χ3n) is 4.83. The highest BCUT2D eigenvalue weighted by Gasteiger charge is 2.27. The van der Waals surface area contributed by atoms with Crippen molar-refractivity contribution in [3.8, 4) is 5.75 Å². The lowest BCUT2D eigenvalue weighted by molar-refractivity contribution is 0.0165. The van der Waals surface area contributed by atoms with Gasteiger partial charge in [0.05, 0.1) is 12.2 Å². The van der Waals surface area contributed by atoms with E-state index in [1.54, 1.807) is 23.1 Å². The summed E-state index contributed by atoms with van der Waals surface area (Å²) in [6.07, 6.45) is 1.48. The Morgan fingerprint density at radius 2 is 1.86 bits per heavy atom. The zero-order chi connectivity index (χ0) is 20.3. The summed E-state index contributed by atoms with van der Waals surface area (Å²) in [5.41, 5.74) is -0.217. The van der Waals surface area contributed by atoms with E-state index in [4.69, 9.17) is 14.6 Å². The topological polar surface area (TPSA) is 76.1 Å². The number of aromatic carboxylic acids is 1. The van der Waals surface area contributed by atoms with E-state index in [1.165, 1.54) is 0 Å². The Bertz CT molecular complexity index is 863. The molecule has 2 aromatic carbocycles. The molecule has 150 valence electrons. The predicted octanol–water partition coefficient (Wildman–Crippen LogP) is 4.56. The van der Waals surface area contributed by atoms with Crippen molar-refractivity contribution in [2.24, 2.45) is 5.92 Å². The summed E-state index contributed by atoms with van der Waals surface area (Å²) in [6.45, 7) is 7.52. The number of ether oxygens (including phenoxy) is 2. The van der Waals surface area contributed by atoms with Gasteiger partial charge in [-0.05, 0) is 69.2 Å². The van der Waals surface area contributed by atoms with Crippen LogP contribution in [0, 0.1) is 5.92 Å². The van der Waals surface area contributed by atoms with E-state index >= 15 is 0 Å². The molecule has 0 aliphatic carbocycles. The molecule has 3 rings (SSSR count). The number of carboxylic acids is 1. The molecule has 0 saturated carbocycles. The van der Waals surface area contributed by atoms with Gasteiger partial charge < -0.3 is 19.5 Å². The number of likely N-dealkylation sites (tertiary alicyclic amines) is 1. The first-order valence-electron chi connectivity index (χ1n) is 9.60. The van der Waals surface area contributed by atoms with Crippen molar-refractivity contribution < 1.29 is 24.2 Å². The molecule has 0 bridgehead atoms. The third kappa shape index (κ3) is 4.94. The van der Waals surface area contributed by atoms with Gasteiger partial charge in [0, 0.05) is 18.5 Å². The Morgan fingerprint density at radius 1 is 1.14 bits per heavy atom. The number of carbonyl (C=O) groups excluding carboxylic acids is 1. The summed E-state index contributed by atoms with van der Waals surface area (Å²) in [5.74, 6) is 0.182. The fourth-order valence-corrected chi connectivity index (χ4v) is 3.33. The number of hydrogen-bond acceptors (Lipinski definition) is 4. The summed E-state index contributed by atoms with van der Waals surface area (Å²) in [6, 6.07) is 10.7. The van der Waals surface area contributed by atoms with Crippen LogP contribution in [0.2, 0.25) is 0 Å². The fourth-order valence-electron chi connectivity index (χ4n) is 3.33. The maximum Gasteiger partial charge on any atom is 0.410 e. The molecule has 0 unspecified atom stereocenters. The van der Waals surface area contributed by atoms with Crippen LogP contribution in [0.1, 0.15) is 44.0 Å². The molecular formula is C22H27NO5.